The Balaban J connectivity index is 1.98. The van der Waals surface area contributed by atoms with Gasteiger partial charge < -0.3 is 9.84 Å². The Morgan fingerprint density at radius 3 is 2.65 bits per heavy atom. The highest BCUT2D eigenvalue weighted by atomic mass is 16.5. The van der Waals surface area contributed by atoms with Gasteiger partial charge in [-0.3, -0.25) is 9.59 Å². The minimum atomic E-state index is -0.318. The van der Waals surface area contributed by atoms with Crippen molar-refractivity contribution < 1.29 is 14.1 Å². The van der Waals surface area contributed by atoms with E-state index in [9.17, 15) is 9.59 Å². The highest BCUT2D eigenvalue weighted by molar-refractivity contribution is 6.25. The molecule has 0 saturated carbocycles. The highest BCUT2D eigenvalue weighted by Crippen LogP contribution is 2.25. The number of nitrogens with one attached hydrogen (secondary N) is 1. The molecule has 1 aliphatic rings. The van der Waals surface area contributed by atoms with Crippen LogP contribution in [-0.2, 0) is 6.42 Å². The molecule has 0 aliphatic heterocycles. The van der Waals surface area contributed by atoms with Crippen LogP contribution in [0.1, 0.15) is 33.5 Å². The molecule has 5 nitrogen and oxygen atoms in total. The number of aromatic nitrogens is 1. The number of hydrogen-bond donors (Lipinski definition) is 1. The molecule has 0 radical (unpaired) electrons. The van der Waals surface area contributed by atoms with Crippen molar-refractivity contribution in [3.63, 3.8) is 0 Å². The molecule has 0 amide bonds. The third-order valence-corrected chi connectivity index (χ3v) is 3.12. The van der Waals surface area contributed by atoms with Gasteiger partial charge in [-0.05, 0) is 12.1 Å². The van der Waals surface area contributed by atoms with Gasteiger partial charge in [0.2, 0.25) is 11.6 Å². The number of benzene rings is 1. The molecule has 0 atom stereocenters. The van der Waals surface area contributed by atoms with Crippen molar-refractivity contribution in [3.8, 4) is 0 Å². The number of Topliss-reactive ketones (excluding diaryl/α,β-unsaturated/α-hetero) is 1. The number of aryl methyl sites for hydroxylation is 1. The average molecular weight is 268 g/mol. The lowest BCUT2D eigenvalue weighted by Gasteiger charge is -2.13. The molecule has 3 rings (SSSR count). The Labute approximate surface area is 115 Å². The van der Waals surface area contributed by atoms with E-state index in [-0.39, 0.29) is 28.5 Å². The molecule has 1 aromatic carbocycles. The first-order chi connectivity index (χ1) is 9.70. The summed E-state index contributed by atoms with van der Waals surface area (Å²) in [6.45, 7) is 1.85. The van der Waals surface area contributed by atoms with Gasteiger partial charge in [0, 0.05) is 18.2 Å². The van der Waals surface area contributed by atoms with E-state index < -0.39 is 0 Å². The number of para-hydroxylation sites is 1. The summed E-state index contributed by atoms with van der Waals surface area (Å²) in [6, 6.07) is 9.21. The number of carbonyl (C=O) groups is 2. The van der Waals surface area contributed by atoms with Crippen LogP contribution in [0.5, 0.6) is 0 Å². The standard InChI is InChI=1S/C15H12N2O3/c1-2-12-13-14(17-20-12)11(18)8-10(15(13)19)16-9-6-4-3-5-7-9/h3-8,16H,2H2,1H3. The number of ketones is 2. The van der Waals surface area contributed by atoms with Gasteiger partial charge in [-0.25, -0.2) is 0 Å². The summed E-state index contributed by atoms with van der Waals surface area (Å²) in [5.41, 5.74) is 1.37. The average Bonchev–Trinajstić information content (AvgIpc) is 2.90. The Morgan fingerprint density at radius 2 is 1.95 bits per heavy atom. The fraction of sp³-hybridized carbons (Fsp3) is 0.133. The molecule has 0 fully saturated rings. The molecule has 0 spiro atoms. The molecule has 1 aromatic heterocycles. The number of carbonyl (C=O) groups excluding carboxylic acids is 2. The van der Waals surface area contributed by atoms with Crippen LogP contribution in [0.4, 0.5) is 5.69 Å². The molecule has 5 heteroatoms. The number of allylic oxidation sites excluding steroid dienone is 2. The van der Waals surface area contributed by atoms with Gasteiger partial charge in [0.1, 0.15) is 5.76 Å². The summed E-state index contributed by atoms with van der Waals surface area (Å²) in [5.74, 6) is -0.137. The van der Waals surface area contributed by atoms with Gasteiger partial charge in [-0.2, -0.15) is 0 Å². The number of rotatable bonds is 3. The minimum absolute atomic E-state index is 0.102. The normalized spacial score (nSPS) is 13.9. The summed E-state index contributed by atoms with van der Waals surface area (Å²) < 4.78 is 5.05. The fourth-order valence-electron chi connectivity index (χ4n) is 2.14. The molecule has 0 unspecified atom stereocenters. The number of anilines is 1. The first-order valence-electron chi connectivity index (χ1n) is 6.32. The van der Waals surface area contributed by atoms with Gasteiger partial charge in [0.05, 0.1) is 11.3 Å². The van der Waals surface area contributed by atoms with Crippen molar-refractivity contribution in [2.75, 3.05) is 5.32 Å². The molecule has 0 saturated heterocycles. The lowest BCUT2D eigenvalue weighted by molar-refractivity contribution is 0.0982. The smallest absolute Gasteiger partial charge is 0.215 e. The zero-order valence-electron chi connectivity index (χ0n) is 10.8. The van der Waals surface area contributed by atoms with Crippen LogP contribution in [0, 0.1) is 0 Å². The van der Waals surface area contributed by atoms with E-state index in [1.165, 1.54) is 6.08 Å². The van der Waals surface area contributed by atoms with E-state index in [0.717, 1.165) is 5.69 Å². The van der Waals surface area contributed by atoms with Crippen LogP contribution in [0.2, 0.25) is 0 Å². The molecule has 2 aromatic rings. The zero-order chi connectivity index (χ0) is 14.1. The molecular weight excluding hydrogens is 256 g/mol. The number of fused-ring (bicyclic) bond motifs is 1. The summed E-state index contributed by atoms with van der Waals surface area (Å²) in [4.78, 5) is 24.4. The molecule has 1 heterocycles. The van der Waals surface area contributed by atoms with Gasteiger partial charge in [0.15, 0.2) is 5.69 Å². The van der Waals surface area contributed by atoms with Crippen molar-refractivity contribution in [3.05, 3.63) is 59.1 Å². The summed E-state index contributed by atoms with van der Waals surface area (Å²) in [7, 11) is 0. The Bertz CT molecular complexity index is 714. The quantitative estimate of drug-likeness (QED) is 0.926. The van der Waals surface area contributed by atoms with Crippen molar-refractivity contribution in [2.45, 2.75) is 13.3 Å². The second-order valence-electron chi connectivity index (χ2n) is 4.43. The van der Waals surface area contributed by atoms with E-state index in [2.05, 4.69) is 10.5 Å². The Hall–Kier alpha value is -2.69. The van der Waals surface area contributed by atoms with Crippen molar-refractivity contribution >= 4 is 17.3 Å². The number of nitrogens with zero attached hydrogens (tertiary/aromatic N) is 1. The van der Waals surface area contributed by atoms with E-state index in [4.69, 9.17) is 4.52 Å². The van der Waals surface area contributed by atoms with Crippen LogP contribution < -0.4 is 5.32 Å². The minimum Gasteiger partial charge on any atom is -0.360 e. The van der Waals surface area contributed by atoms with Crippen molar-refractivity contribution in [2.24, 2.45) is 0 Å². The van der Waals surface area contributed by atoms with E-state index in [1.807, 2.05) is 37.3 Å². The van der Waals surface area contributed by atoms with Crippen LogP contribution in [0.15, 0.2) is 46.6 Å². The summed E-state index contributed by atoms with van der Waals surface area (Å²) in [6.07, 6.45) is 1.78. The lowest BCUT2D eigenvalue weighted by Crippen LogP contribution is -2.21. The molecule has 0 bridgehead atoms. The van der Waals surface area contributed by atoms with E-state index in [1.54, 1.807) is 0 Å². The topological polar surface area (TPSA) is 72.2 Å². The van der Waals surface area contributed by atoms with Gasteiger partial charge in [0.25, 0.3) is 0 Å². The predicted octanol–water partition coefficient (Wildman–Crippen LogP) is 2.61. The SMILES string of the molecule is CCc1onc2c1C(=O)C(Nc1ccccc1)=CC2=O. The van der Waals surface area contributed by atoms with Crippen LogP contribution >= 0.6 is 0 Å². The van der Waals surface area contributed by atoms with Gasteiger partial charge >= 0.3 is 0 Å². The van der Waals surface area contributed by atoms with Crippen molar-refractivity contribution in [1.82, 2.24) is 5.16 Å². The first kappa shape index (κ1) is 12.3. The fourth-order valence-corrected chi connectivity index (χ4v) is 2.14. The van der Waals surface area contributed by atoms with Gasteiger partial charge in [-0.1, -0.05) is 30.3 Å². The summed E-state index contributed by atoms with van der Waals surface area (Å²) >= 11 is 0. The van der Waals surface area contributed by atoms with E-state index in [0.29, 0.717) is 12.2 Å². The van der Waals surface area contributed by atoms with Crippen LogP contribution in [0.25, 0.3) is 0 Å². The third-order valence-electron chi connectivity index (χ3n) is 3.12. The zero-order valence-corrected chi connectivity index (χ0v) is 10.8. The monoisotopic (exact) mass is 268 g/mol. The molecular formula is C15H12N2O3. The second-order valence-corrected chi connectivity index (χ2v) is 4.43. The highest BCUT2D eigenvalue weighted by Gasteiger charge is 2.32. The molecule has 1 N–H and O–H groups in total. The second kappa shape index (κ2) is 4.77. The molecule has 100 valence electrons. The third kappa shape index (κ3) is 1.93. The van der Waals surface area contributed by atoms with Crippen LogP contribution in [-0.4, -0.2) is 16.7 Å². The lowest BCUT2D eigenvalue weighted by atomic mass is 9.96. The van der Waals surface area contributed by atoms with Crippen LogP contribution in [0.3, 0.4) is 0 Å². The Kier molecular flexibility index (Phi) is 2.95. The largest absolute Gasteiger partial charge is 0.360 e. The first-order valence-corrected chi connectivity index (χ1v) is 6.32. The molecule has 1 aliphatic carbocycles. The Morgan fingerprint density at radius 1 is 1.20 bits per heavy atom. The maximum Gasteiger partial charge on any atom is 0.215 e. The molecule has 20 heavy (non-hydrogen) atoms. The maximum atomic E-state index is 12.4. The van der Waals surface area contributed by atoms with Crippen molar-refractivity contribution in [1.29, 1.82) is 0 Å². The van der Waals surface area contributed by atoms with E-state index >= 15 is 0 Å². The summed E-state index contributed by atoms with van der Waals surface area (Å²) in [5, 5.41) is 6.65. The maximum absolute atomic E-state index is 12.4. The number of hydrogen-bond acceptors (Lipinski definition) is 5. The predicted molar refractivity (Wildman–Crippen MR) is 72.7 cm³/mol. The van der Waals surface area contributed by atoms with Gasteiger partial charge in [-0.15, -0.1) is 0 Å².